The molecule has 5 heteroatoms. The zero-order valence-electron chi connectivity index (χ0n) is 10.5. The molecule has 1 amide bonds. The maximum atomic E-state index is 11.6. The monoisotopic (exact) mass is 249 g/mol. The predicted octanol–water partition coefficient (Wildman–Crippen LogP) is 1.04. The molecule has 0 spiro atoms. The van der Waals surface area contributed by atoms with E-state index in [0.29, 0.717) is 17.3 Å². The molecule has 1 aliphatic carbocycles. The Morgan fingerprint density at radius 1 is 1.39 bits per heavy atom. The van der Waals surface area contributed by atoms with Gasteiger partial charge in [0.15, 0.2) is 5.69 Å². The lowest BCUT2D eigenvalue weighted by Crippen LogP contribution is -2.23. The molecule has 5 nitrogen and oxygen atoms in total. The zero-order chi connectivity index (χ0) is 13.1. The maximum Gasteiger partial charge on any atom is 0.271 e. The van der Waals surface area contributed by atoms with Gasteiger partial charge in [0, 0.05) is 18.7 Å². The fourth-order valence-corrected chi connectivity index (χ4v) is 2.38. The van der Waals surface area contributed by atoms with E-state index in [-0.39, 0.29) is 12.0 Å². The van der Waals surface area contributed by atoms with Gasteiger partial charge in [0.05, 0.1) is 11.8 Å². The number of hydrogen-bond acceptors (Lipinski definition) is 4. The van der Waals surface area contributed by atoms with Crippen LogP contribution in [0.3, 0.4) is 0 Å². The van der Waals surface area contributed by atoms with Crippen LogP contribution < -0.4 is 11.1 Å². The van der Waals surface area contributed by atoms with E-state index < -0.39 is 0 Å². The van der Waals surface area contributed by atoms with Crippen molar-refractivity contribution in [2.75, 3.05) is 12.8 Å². The smallest absolute Gasteiger partial charge is 0.271 e. The quantitative estimate of drug-likeness (QED) is 0.730. The molecule has 1 fully saturated rings. The lowest BCUT2D eigenvalue weighted by atomic mass is 9.85. The van der Waals surface area contributed by atoms with E-state index in [1.165, 1.54) is 0 Å². The number of nitrogens with one attached hydrogen (secondary N) is 1. The van der Waals surface area contributed by atoms with Crippen LogP contribution in [0, 0.1) is 0 Å². The molecule has 4 N–H and O–H groups in total. The third-order valence-electron chi connectivity index (χ3n) is 3.51. The van der Waals surface area contributed by atoms with Gasteiger partial charge in [-0.25, -0.2) is 4.98 Å². The summed E-state index contributed by atoms with van der Waals surface area (Å²) in [7, 11) is 1.56. The van der Waals surface area contributed by atoms with Crippen LogP contribution >= 0.6 is 0 Å². The highest BCUT2D eigenvalue weighted by molar-refractivity contribution is 5.96. The van der Waals surface area contributed by atoms with Gasteiger partial charge in [0.2, 0.25) is 0 Å². The molecule has 0 atom stereocenters. The highest BCUT2D eigenvalue weighted by atomic mass is 16.3. The normalized spacial score (nSPS) is 23.7. The molecule has 1 heterocycles. The van der Waals surface area contributed by atoms with Gasteiger partial charge in [-0.05, 0) is 37.8 Å². The van der Waals surface area contributed by atoms with Crippen LogP contribution in [0.1, 0.15) is 47.8 Å². The molecular formula is C13H19N3O2. The lowest BCUT2D eigenvalue weighted by molar-refractivity contribution is 0.0957. The van der Waals surface area contributed by atoms with Gasteiger partial charge in [-0.2, -0.15) is 0 Å². The number of carbonyl (C=O) groups excluding carboxylic acids is 1. The van der Waals surface area contributed by atoms with Crippen molar-refractivity contribution in [2.24, 2.45) is 0 Å². The Morgan fingerprint density at radius 2 is 2.06 bits per heavy atom. The van der Waals surface area contributed by atoms with Crippen molar-refractivity contribution in [3.8, 4) is 0 Å². The predicted molar refractivity (Wildman–Crippen MR) is 69.3 cm³/mol. The van der Waals surface area contributed by atoms with E-state index in [2.05, 4.69) is 10.3 Å². The van der Waals surface area contributed by atoms with E-state index in [1.54, 1.807) is 13.1 Å². The second-order valence-electron chi connectivity index (χ2n) is 4.76. The van der Waals surface area contributed by atoms with E-state index in [1.807, 2.05) is 6.07 Å². The summed E-state index contributed by atoms with van der Waals surface area (Å²) in [6.07, 6.45) is 3.22. The first kappa shape index (κ1) is 12.8. The summed E-state index contributed by atoms with van der Waals surface area (Å²) >= 11 is 0. The molecular weight excluding hydrogens is 230 g/mol. The Labute approximate surface area is 106 Å². The van der Waals surface area contributed by atoms with Gasteiger partial charge in [-0.15, -0.1) is 0 Å². The van der Waals surface area contributed by atoms with Crippen LogP contribution in [0.2, 0.25) is 0 Å². The van der Waals surface area contributed by atoms with Gasteiger partial charge in [0.25, 0.3) is 5.91 Å². The molecule has 0 radical (unpaired) electrons. The first-order valence-corrected chi connectivity index (χ1v) is 6.28. The van der Waals surface area contributed by atoms with E-state index in [4.69, 9.17) is 5.73 Å². The Hall–Kier alpha value is -1.62. The Balaban J connectivity index is 2.21. The van der Waals surface area contributed by atoms with E-state index in [9.17, 15) is 9.90 Å². The fraction of sp³-hybridized carbons (Fsp3) is 0.538. The third kappa shape index (κ3) is 2.61. The van der Waals surface area contributed by atoms with Gasteiger partial charge >= 0.3 is 0 Å². The van der Waals surface area contributed by atoms with Crippen LogP contribution in [0.15, 0.2) is 12.1 Å². The summed E-state index contributed by atoms with van der Waals surface area (Å²) in [6.45, 7) is 0. The molecule has 1 aromatic rings. The molecule has 0 aromatic carbocycles. The number of aliphatic hydroxyl groups is 1. The second kappa shape index (κ2) is 5.35. The Bertz CT molecular complexity index is 440. The molecule has 0 unspecified atom stereocenters. The minimum atomic E-state index is -0.259. The summed E-state index contributed by atoms with van der Waals surface area (Å²) in [6, 6.07) is 3.61. The minimum Gasteiger partial charge on any atom is -0.397 e. The molecule has 18 heavy (non-hydrogen) atoms. The topological polar surface area (TPSA) is 88.2 Å². The molecule has 1 aliphatic rings. The largest absolute Gasteiger partial charge is 0.397 e. The van der Waals surface area contributed by atoms with Crippen molar-refractivity contribution >= 4 is 11.6 Å². The number of aliphatic hydroxyl groups excluding tert-OH is 1. The highest BCUT2D eigenvalue weighted by Gasteiger charge is 2.23. The van der Waals surface area contributed by atoms with Gasteiger partial charge in [0.1, 0.15) is 0 Å². The summed E-state index contributed by atoms with van der Waals surface area (Å²) in [4.78, 5) is 16.0. The third-order valence-corrected chi connectivity index (χ3v) is 3.51. The highest BCUT2D eigenvalue weighted by Crippen LogP contribution is 2.32. The number of amides is 1. The molecule has 98 valence electrons. The van der Waals surface area contributed by atoms with Crippen LogP contribution in [0.4, 0.5) is 5.69 Å². The summed E-state index contributed by atoms with van der Waals surface area (Å²) in [5, 5.41) is 12.0. The van der Waals surface area contributed by atoms with E-state index >= 15 is 0 Å². The van der Waals surface area contributed by atoms with Crippen molar-refractivity contribution in [3.63, 3.8) is 0 Å². The number of nitrogen functional groups attached to an aromatic ring is 1. The fourth-order valence-electron chi connectivity index (χ4n) is 2.38. The standard InChI is InChI=1S/C13H19N3O2/c1-15-13(18)12-10(14)6-7-11(16-12)8-2-4-9(17)5-3-8/h6-9,17H,2-5,14H2,1H3,(H,15,18). The molecule has 0 saturated heterocycles. The number of aromatic nitrogens is 1. The van der Waals surface area contributed by atoms with Crippen LogP contribution in [-0.2, 0) is 0 Å². The number of nitrogens with zero attached hydrogens (tertiary/aromatic N) is 1. The number of hydrogen-bond donors (Lipinski definition) is 3. The van der Waals surface area contributed by atoms with Crippen molar-refractivity contribution in [2.45, 2.75) is 37.7 Å². The van der Waals surface area contributed by atoms with E-state index in [0.717, 1.165) is 31.4 Å². The summed E-state index contributed by atoms with van der Waals surface area (Å²) in [5.41, 5.74) is 7.34. The van der Waals surface area contributed by atoms with Crippen molar-refractivity contribution in [1.82, 2.24) is 10.3 Å². The summed E-state index contributed by atoms with van der Waals surface area (Å²) in [5.74, 6) is 0.0580. The average Bonchev–Trinajstić information content (AvgIpc) is 2.39. The Kier molecular flexibility index (Phi) is 3.81. The van der Waals surface area contributed by atoms with Crippen molar-refractivity contribution in [1.29, 1.82) is 0 Å². The number of carbonyl (C=O) groups is 1. The van der Waals surface area contributed by atoms with Crippen LogP contribution in [0.5, 0.6) is 0 Å². The lowest BCUT2D eigenvalue weighted by Gasteiger charge is -2.25. The molecule has 2 rings (SSSR count). The SMILES string of the molecule is CNC(=O)c1nc(C2CCC(O)CC2)ccc1N. The van der Waals surface area contributed by atoms with Gasteiger partial charge in [-0.3, -0.25) is 4.79 Å². The number of nitrogens with two attached hydrogens (primary N) is 1. The number of anilines is 1. The van der Waals surface area contributed by atoms with Gasteiger partial charge < -0.3 is 16.2 Å². The van der Waals surface area contributed by atoms with Gasteiger partial charge in [-0.1, -0.05) is 0 Å². The maximum absolute atomic E-state index is 11.6. The second-order valence-corrected chi connectivity index (χ2v) is 4.76. The first-order valence-electron chi connectivity index (χ1n) is 6.28. The Morgan fingerprint density at radius 3 is 2.67 bits per heavy atom. The van der Waals surface area contributed by atoms with Crippen LogP contribution in [-0.4, -0.2) is 29.1 Å². The molecule has 1 aromatic heterocycles. The van der Waals surface area contributed by atoms with Crippen molar-refractivity contribution < 1.29 is 9.90 Å². The number of rotatable bonds is 2. The minimum absolute atomic E-state index is 0.187. The number of pyridine rings is 1. The van der Waals surface area contributed by atoms with Crippen molar-refractivity contribution in [3.05, 3.63) is 23.5 Å². The molecule has 0 aliphatic heterocycles. The molecule has 1 saturated carbocycles. The summed E-state index contributed by atoms with van der Waals surface area (Å²) < 4.78 is 0. The molecule has 0 bridgehead atoms. The first-order chi connectivity index (χ1) is 8.61. The average molecular weight is 249 g/mol. The zero-order valence-corrected chi connectivity index (χ0v) is 10.5. The van der Waals surface area contributed by atoms with Crippen LogP contribution in [0.25, 0.3) is 0 Å².